The van der Waals surface area contributed by atoms with Crippen molar-refractivity contribution in [3.05, 3.63) is 102 Å². The number of benzene rings is 3. The number of ether oxygens (including phenoxy) is 1. The van der Waals surface area contributed by atoms with E-state index in [2.05, 4.69) is 87.2 Å². The molecule has 1 aliphatic rings. The van der Waals surface area contributed by atoms with Gasteiger partial charge in [0.05, 0.1) is 0 Å². The maximum atomic E-state index is 6.46. The fourth-order valence-electron chi connectivity index (χ4n) is 3.79. The van der Waals surface area contributed by atoms with Gasteiger partial charge < -0.3 is 20.7 Å². The monoisotopic (exact) mass is 515 g/mol. The van der Waals surface area contributed by atoms with Gasteiger partial charge in [-0.3, -0.25) is 0 Å². The Hall–Kier alpha value is -3.24. The molecular weight excluding hydrogens is 466 g/mol. The molecule has 3 aromatic carbocycles. The van der Waals surface area contributed by atoms with Crippen LogP contribution in [0.2, 0.25) is 0 Å². The van der Waals surface area contributed by atoms with Gasteiger partial charge in [0.15, 0.2) is 0 Å². The number of rotatable bonds is 11. The molecule has 3 N–H and O–H groups in total. The minimum atomic E-state index is -0.195. The van der Waals surface area contributed by atoms with Gasteiger partial charge in [0.1, 0.15) is 12.4 Å². The van der Waals surface area contributed by atoms with Crippen molar-refractivity contribution in [3.8, 4) is 5.75 Å². The van der Waals surface area contributed by atoms with Gasteiger partial charge in [0, 0.05) is 37.2 Å². The summed E-state index contributed by atoms with van der Waals surface area (Å²) >= 11 is 0. The lowest BCUT2D eigenvalue weighted by atomic mass is 10.00. The van der Waals surface area contributed by atoms with Crippen molar-refractivity contribution < 1.29 is 4.74 Å². The smallest absolute Gasteiger partial charge is 0.119 e. The van der Waals surface area contributed by atoms with Crippen molar-refractivity contribution in [1.29, 1.82) is 0 Å². The molecule has 0 heterocycles. The molecule has 4 heteroatoms. The summed E-state index contributed by atoms with van der Waals surface area (Å²) in [4.78, 5) is 2.16. The van der Waals surface area contributed by atoms with Gasteiger partial charge in [-0.15, -0.1) is 0 Å². The van der Waals surface area contributed by atoms with E-state index in [0.717, 1.165) is 34.7 Å². The summed E-state index contributed by atoms with van der Waals surface area (Å²) < 4.78 is 5.88. The molecule has 0 spiro atoms. The lowest BCUT2D eigenvalue weighted by Crippen LogP contribution is -2.28. The van der Waals surface area contributed by atoms with Gasteiger partial charge in [0.2, 0.25) is 0 Å². The summed E-state index contributed by atoms with van der Waals surface area (Å²) in [6.07, 6.45) is 6.26. The van der Waals surface area contributed by atoms with E-state index < -0.39 is 0 Å². The van der Waals surface area contributed by atoms with Crippen molar-refractivity contribution in [1.82, 2.24) is 0 Å². The van der Waals surface area contributed by atoms with Gasteiger partial charge in [-0.25, -0.2) is 0 Å². The number of nitrogens with zero attached hydrogens (tertiary/aromatic N) is 1. The van der Waals surface area contributed by atoms with Crippen molar-refractivity contribution in [2.75, 3.05) is 24.3 Å². The van der Waals surface area contributed by atoms with E-state index in [1.165, 1.54) is 30.5 Å². The van der Waals surface area contributed by atoms with Crippen LogP contribution < -0.4 is 20.7 Å². The molecule has 3 aromatic rings. The lowest BCUT2D eigenvalue weighted by Gasteiger charge is -2.22. The first-order chi connectivity index (χ1) is 18.3. The third-order valence-electron chi connectivity index (χ3n) is 5.93. The summed E-state index contributed by atoms with van der Waals surface area (Å²) in [6, 6.07) is 24.6. The first-order valence-corrected chi connectivity index (χ1v) is 14.1. The molecule has 0 aliphatic heterocycles. The Bertz CT molecular complexity index is 1070. The Morgan fingerprint density at radius 2 is 1.53 bits per heavy atom. The minimum Gasteiger partial charge on any atom is -0.489 e. The third-order valence-corrected chi connectivity index (χ3v) is 5.93. The summed E-state index contributed by atoms with van der Waals surface area (Å²) in [5, 5.41) is 3.42. The molecule has 1 saturated carbocycles. The summed E-state index contributed by atoms with van der Waals surface area (Å²) in [5.74, 6) is 1.46. The maximum absolute atomic E-state index is 6.46. The van der Waals surface area contributed by atoms with Crippen LogP contribution in [0.1, 0.15) is 63.6 Å². The SMILES string of the molecule is C1CC1.C=C(Nc1ccc(CC(C)C)c(N(C)C)c1)C(N)Cc1ccc(OCc2ccccc2)cc1.CC. The molecule has 1 aliphatic carbocycles. The van der Waals surface area contributed by atoms with Crippen molar-refractivity contribution >= 4 is 11.4 Å². The second kappa shape index (κ2) is 16.6. The topological polar surface area (TPSA) is 50.5 Å². The van der Waals surface area contributed by atoms with Crippen molar-refractivity contribution in [3.63, 3.8) is 0 Å². The molecule has 4 nitrogen and oxygen atoms in total. The van der Waals surface area contributed by atoms with Crippen LogP contribution in [0, 0.1) is 5.92 Å². The molecule has 4 rings (SSSR count). The van der Waals surface area contributed by atoms with Gasteiger partial charge in [0.25, 0.3) is 0 Å². The van der Waals surface area contributed by atoms with Gasteiger partial charge >= 0.3 is 0 Å². The molecule has 1 unspecified atom stereocenters. The predicted molar refractivity (Wildman–Crippen MR) is 166 cm³/mol. The number of nitrogens with one attached hydrogen (secondary N) is 1. The molecule has 0 amide bonds. The maximum Gasteiger partial charge on any atom is 0.119 e. The zero-order valence-corrected chi connectivity index (χ0v) is 24.5. The van der Waals surface area contributed by atoms with E-state index in [9.17, 15) is 0 Å². The highest BCUT2D eigenvalue weighted by atomic mass is 16.5. The Morgan fingerprint density at radius 1 is 0.895 bits per heavy atom. The van der Waals surface area contributed by atoms with Crippen LogP contribution in [0.5, 0.6) is 5.75 Å². The van der Waals surface area contributed by atoms with Crippen LogP contribution in [-0.2, 0) is 19.4 Å². The number of hydrogen-bond donors (Lipinski definition) is 2. The molecule has 0 radical (unpaired) electrons. The van der Waals surface area contributed by atoms with Crippen molar-refractivity contribution in [2.24, 2.45) is 11.7 Å². The van der Waals surface area contributed by atoms with Gasteiger partial charge in [-0.2, -0.15) is 0 Å². The van der Waals surface area contributed by atoms with Crippen molar-refractivity contribution in [2.45, 2.75) is 72.4 Å². The van der Waals surface area contributed by atoms with E-state index in [0.29, 0.717) is 18.9 Å². The third kappa shape index (κ3) is 11.4. The fraction of sp³-hybridized carbons (Fsp3) is 0.412. The Kier molecular flexibility index (Phi) is 13.5. The van der Waals surface area contributed by atoms with Crippen LogP contribution in [0.25, 0.3) is 0 Å². The first kappa shape index (κ1) is 31.0. The summed E-state index contributed by atoms with van der Waals surface area (Å²) in [6.45, 7) is 13.2. The average Bonchev–Trinajstić information content (AvgIpc) is 3.80. The highest BCUT2D eigenvalue weighted by Crippen LogP contribution is 2.27. The van der Waals surface area contributed by atoms with E-state index in [1.54, 1.807) is 0 Å². The quantitative estimate of drug-likeness (QED) is 0.270. The van der Waals surface area contributed by atoms with E-state index >= 15 is 0 Å². The van der Waals surface area contributed by atoms with Gasteiger partial charge in [-0.1, -0.05) is 102 Å². The largest absolute Gasteiger partial charge is 0.489 e. The zero-order valence-electron chi connectivity index (χ0n) is 24.5. The Labute approximate surface area is 231 Å². The molecule has 1 fully saturated rings. The molecule has 1 atom stereocenters. The zero-order chi connectivity index (χ0) is 27.9. The number of hydrogen-bond acceptors (Lipinski definition) is 4. The van der Waals surface area contributed by atoms with E-state index in [-0.39, 0.29) is 6.04 Å². The highest BCUT2D eigenvalue weighted by Gasteiger charge is 2.12. The molecule has 38 heavy (non-hydrogen) atoms. The van der Waals surface area contributed by atoms with E-state index in [4.69, 9.17) is 10.5 Å². The standard InChI is InChI=1S/C29H37N3O.C3H6.C2H6/c1-21(2)17-25-13-14-26(19-29(25)32(4)5)31-22(3)28(30)18-23-11-15-27(16-12-23)33-20-24-9-7-6-8-10-24;1-2-3-1;1-2/h6-16,19,21,28,31H,3,17-18,20,30H2,1-2,4-5H3;1-3H2;1-2H3. The van der Waals surface area contributed by atoms with Gasteiger partial charge in [-0.05, 0) is 59.7 Å². The average molecular weight is 516 g/mol. The molecular formula is C34H49N3O. The second-order valence-corrected chi connectivity index (χ2v) is 10.3. The summed E-state index contributed by atoms with van der Waals surface area (Å²) in [5.41, 5.74) is 13.2. The summed E-state index contributed by atoms with van der Waals surface area (Å²) in [7, 11) is 4.16. The fourth-order valence-corrected chi connectivity index (χ4v) is 3.79. The highest BCUT2D eigenvalue weighted by molar-refractivity contribution is 5.64. The molecule has 0 aromatic heterocycles. The normalized spacial score (nSPS) is 12.3. The Balaban J connectivity index is 0.000000925. The first-order valence-electron chi connectivity index (χ1n) is 14.1. The minimum absolute atomic E-state index is 0.195. The van der Waals surface area contributed by atoms with Crippen LogP contribution in [0.3, 0.4) is 0 Å². The predicted octanol–water partition coefficient (Wildman–Crippen LogP) is 8.22. The molecule has 0 bridgehead atoms. The van der Waals surface area contributed by atoms with Crippen LogP contribution in [-0.4, -0.2) is 20.1 Å². The second-order valence-electron chi connectivity index (χ2n) is 10.3. The Morgan fingerprint density at radius 3 is 2.08 bits per heavy atom. The molecule has 0 saturated heterocycles. The molecule has 206 valence electrons. The number of nitrogens with two attached hydrogens (primary N) is 1. The van der Waals surface area contributed by atoms with Crippen LogP contribution in [0.15, 0.2) is 85.1 Å². The number of anilines is 2. The van der Waals surface area contributed by atoms with E-state index in [1.807, 2.05) is 44.2 Å². The van der Waals surface area contributed by atoms with Crippen LogP contribution in [0.4, 0.5) is 11.4 Å². The lowest BCUT2D eigenvalue weighted by molar-refractivity contribution is 0.306. The van der Waals surface area contributed by atoms with Crippen LogP contribution >= 0.6 is 0 Å².